The van der Waals surface area contributed by atoms with E-state index in [0.717, 1.165) is 6.26 Å². The lowest BCUT2D eigenvalue weighted by Gasteiger charge is -2.13. The third-order valence-electron chi connectivity index (χ3n) is 4.17. The zero-order chi connectivity index (χ0) is 22.6. The van der Waals surface area contributed by atoms with Crippen molar-refractivity contribution in [1.82, 2.24) is 14.5 Å². The predicted molar refractivity (Wildman–Crippen MR) is 112 cm³/mol. The molecule has 0 bridgehead atoms. The van der Waals surface area contributed by atoms with Gasteiger partial charge in [-0.2, -0.15) is 13.2 Å². The van der Waals surface area contributed by atoms with Gasteiger partial charge in [-0.3, -0.25) is 9.36 Å². The Morgan fingerprint density at radius 2 is 1.90 bits per heavy atom. The smallest absolute Gasteiger partial charge is 0.367 e. The zero-order valence-corrected chi connectivity index (χ0v) is 18.1. The predicted octanol–water partition coefficient (Wildman–Crippen LogP) is 3.32. The summed E-state index contributed by atoms with van der Waals surface area (Å²) in [6.07, 6.45) is -1.23. The van der Waals surface area contributed by atoms with Gasteiger partial charge in [-0.05, 0) is 30.2 Å². The number of halogens is 3. The van der Waals surface area contributed by atoms with Crippen molar-refractivity contribution in [1.29, 1.82) is 0 Å². The van der Waals surface area contributed by atoms with E-state index in [4.69, 9.17) is 0 Å². The molecular formula is C19H20F3N3O4S2. The summed E-state index contributed by atoms with van der Waals surface area (Å²) in [6, 6.07) is 8.03. The van der Waals surface area contributed by atoms with E-state index in [1.807, 2.05) is 0 Å². The number of hydrogen-bond acceptors (Lipinski definition) is 6. The summed E-state index contributed by atoms with van der Waals surface area (Å²) < 4.78 is 65.4. The average molecular weight is 476 g/mol. The standard InChI is InChI=1S/C19H20F3N3O4S2/c1-31(27,28)10-2-9-30-18-24-15-7-8-23-16(15)17(26)25(18)14-5-3-13(4-6-14)11-29-12-19(20,21)22/h3-8,23H,2,9-12H2,1H3. The molecule has 0 aliphatic heterocycles. The first-order valence-corrected chi connectivity index (χ1v) is 12.2. The van der Waals surface area contributed by atoms with Gasteiger partial charge >= 0.3 is 6.18 Å². The van der Waals surface area contributed by atoms with Crippen LogP contribution in [0.3, 0.4) is 0 Å². The summed E-state index contributed by atoms with van der Waals surface area (Å²) in [5, 5.41) is 0.395. The number of sulfone groups is 1. The maximum Gasteiger partial charge on any atom is 0.411 e. The molecule has 0 aliphatic carbocycles. The first kappa shape index (κ1) is 23.4. The Labute approximate surface area is 180 Å². The molecule has 0 radical (unpaired) electrons. The maximum atomic E-state index is 13.0. The topological polar surface area (TPSA) is 94.0 Å². The molecule has 1 aromatic carbocycles. The van der Waals surface area contributed by atoms with E-state index < -0.39 is 22.6 Å². The quantitative estimate of drug-likeness (QED) is 0.290. The van der Waals surface area contributed by atoms with Gasteiger partial charge < -0.3 is 9.72 Å². The number of nitrogens with zero attached hydrogens (tertiary/aromatic N) is 2. The van der Waals surface area contributed by atoms with Crippen molar-refractivity contribution in [2.75, 3.05) is 24.4 Å². The molecule has 3 rings (SSSR count). The van der Waals surface area contributed by atoms with Crippen molar-refractivity contribution in [3.8, 4) is 5.69 Å². The molecule has 168 valence electrons. The van der Waals surface area contributed by atoms with Crippen molar-refractivity contribution in [2.24, 2.45) is 0 Å². The molecular weight excluding hydrogens is 455 g/mol. The van der Waals surface area contributed by atoms with Crippen LogP contribution in [-0.2, 0) is 21.2 Å². The van der Waals surface area contributed by atoms with Gasteiger partial charge in [0.2, 0.25) is 0 Å². The molecule has 0 unspecified atom stereocenters. The summed E-state index contributed by atoms with van der Waals surface area (Å²) >= 11 is 1.26. The molecule has 0 spiro atoms. The highest BCUT2D eigenvalue weighted by Gasteiger charge is 2.27. The largest absolute Gasteiger partial charge is 0.411 e. The first-order valence-electron chi connectivity index (χ1n) is 9.18. The Hall–Kier alpha value is -2.31. The molecule has 0 saturated carbocycles. The molecule has 12 heteroatoms. The molecule has 0 atom stereocenters. The Kier molecular flexibility index (Phi) is 7.12. The number of ether oxygens (including phenoxy) is 1. The highest BCUT2D eigenvalue weighted by atomic mass is 32.2. The number of alkyl halides is 3. The van der Waals surface area contributed by atoms with Crippen LogP contribution in [-0.4, -0.2) is 53.5 Å². The molecule has 0 aliphatic rings. The van der Waals surface area contributed by atoms with Gasteiger partial charge in [-0.1, -0.05) is 23.9 Å². The van der Waals surface area contributed by atoms with Crippen LogP contribution in [0.25, 0.3) is 16.7 Å². The van der Waals surface area contributed by atoms with E-state index in [9.17, 15) is 26.4 Å². The summed E-state index contributed by atoms with van der Waals surface area (Å²) in [6.45, 7) is -1.55. The zero-order valence-electron chi connectivity index (χ0n) is 16.5. The molecule has 2 aromatic heterocycles. The van der Waals surface area contributed by atoms with Crippen LogP contribution in [0.4, 0.5) is 13.2 Å². The van der Waals surface area contributed by atoms with Crippen molar-refractivity contribution in [2.45, 2.75) is 24.4 Å². The fourth-order valence-electron chi connectivity index (χ4n) is 2.81. The van der Waals surface area contributed by atoms with Crippen LogP contribution in [0.5, 0.6) is 0 Å². The van der Waals surface area contributed by atoms with Crippen LogP contribution >= 0.6 is 11.8 Å². The van der Waals surface area contributed by atoms with Gasteiger partial charge in [-0.15, -0.1) is 0 Å². The van der Waals surface area contributed by atoms with Gasteiger partial charge in [-0.25, -0.2) is 13.4 Å². The molecule has 2 heterocycles. The minimum Gasteiger partial charge on any atom is -0.367 e. The number of hydrogen-bond donors (Lipinski definition) is 1. The summed E-state index contributed by atoms with van der Waals surface area (Å²) in [5.74, 6) is 0.474. The molecule has 0 saturated heterocycles. The lowest BCUT2D eigenvalue weighted by molar-refractivity contribution is -0.176. The summed E-state index contributed by atoms with van der Waals surface area (Å²) in [4.78, 5) is 20.4. The minimum absolute atomic E-state index is 0.0310. The van der Waals surface area contributed by atoms with E-state index in [1.165, 1.54) is 16.3 Å². The van der Waals surface area contributed by atoms with Crippen molar-refractivity contribution < 1.29 is 26.3 Å². The molecule has 31 heavy (non-hydrogen) atoms. The second-order valence-electron chi connectivity index (χ2n) is 6.88. The van der Waals surface area contributed by atoms with E-state index in [2.05, 4.69) is 14.7 Å². The van der Waals surface area contributed by atoms with Crippen molar-refractivity contribution in [3.05, 3.63) is 52.4 Å². The Morgan fingerprint density at radius 1 is 1.19 bits per heavy atom. The molecule has 7 nitrogen and oxygen atoms in total. The lowest BCUT2D eigenvalue weighted by atomic mass is 10.2. The number of H-pyrrole nitrogens is 1. The first-order chi connectivity index (χ1) is 14.5. The monoisotopic (exact) mass is 475 g/mol. The molecule has 3 aromatic rings. The lowest BCUT2D eigenvalue weighted by Crippen LogP contribution is -2.22. The van der Waals surface area contributed by atoms with Crippen LogP contribution in [0, 0.1) is 0 Å². The fraction of sp³-hybridized carbons (Fsp3) is 0.368. The summed E-state index contributed by atoms with van der Waals surface area (Å²) in [7, 11) is -3.09. The Balaban J connectivity index is 1.84. The number of rotatable bonds is 9. The molecule has 0 fully saturated rings. The van der Waals surface area contributed by atoms with Crippen LogP contribution < -0.4 is 5.56 Å². The third-order valence-corrected chi connectivity index (χ3v) is 6.22. The number of thioether (sulfide) groups is 1. The van der Waals surface area contributed by atoms with E-state index >= 15 is 0 Å². The SMILES string of the molecule is CS(=O)(=O)CCCSc1nc2cc[nH]c2c(=O)n1-c1ccc(COCC(F)(F)F)cc1. The van der Waals surface area contributed by atoms with E-state index in [1.54, 1.807) is 36.5 Å². The van der Waals surface area contributed by atoms with E-state index in [-0.39, 0.29) is 17.9 Å². The van der Waals surface area contributed by atoms with Crippen molar-refractivity contribution >= 4 is 32.6 Å². The van der Waals surface area contributed by atoms with E-state index in [0.29, 0.717) is 39.6 Å². The number of fused-ring (bicyclic) bond motifs is 1. The average Bonchev–Trinajstić information content (AvgIpc) is 3.13. The summed E-state index contributed by atoms with van der Waals surface area (Å²) in [5.41, 5.74) is 1.49. The van der Waals surface area contributed by atoms with Gasteiger partial charge in [0, 0.05) is 18.2 Å². The van der Waals surface area contributed by atoms with Gasteiger partial charge in [0.15, 0.2) is 5.16 Å². The third kappa shape index (κ3) is 6.58. The minimum atomic E-state index is -4.40. The van der Waals surface area contributed by atoms with Crippen LogP contribution in [0.1, 0.15) is 12.0 Å². The van der Waals surface area contributed by atoms with Crippen LogP contribution in [0.15, 0.2) is 46.5 Å². The highest BCUT2D eigenvalue weighted by molar-refractivity contribution is 7.99. The second-order valence-corrected chi connectivity index (χ2v) is 10.2. The van der Waals surface area contributed by atoms with Gasteiger partial charge in [0.05, 0.1) is 23.6 Å². The Morgan fingerprint density at radius 3 is 2.55 bits per heavy atom. The fourth-order valence-corrected chi connectivity index (χ4v) is 4.62. The van der Waals surface area contributed by atoms with Gasteiger partial charge in [0.1, 0.15) is 22.0 Å². The second kappa shape index (κ2) is 9.45. The van der Waals surface area contributed by atoms with Crippen molar-refractivity contribution in [3.63, 3.8) is 0 Å². The highest BCUT2D eigenvalue weighted by Crippen LogP contribution is 2.22. The van der Waals surface area contributed by atoms with Crippen LogP contribution in [0.2, 0.25) is 0 Å². The molecule has 0 amide bonds. The van der Waals surface area contributed by atoms with Gasteiger partial charge in [0.25, 0.3) is 5.56 Å². The maximum absolute atomic E-state index is 13.0. The number of aromatic nitrogens is 3. The Bertz CT molecular complexity index is 1200. The number of aromatic amines is 1. The normalized spacial score (nSPS) is 12.5. The number of benzene rings is 1. The number of nitrogens with one attached hydrogen (secondary N) is 1. The molecule has 1 N–H and O–H groups in total.